The van der Waals surface area contributed by atoms with Crippen LogP contribution >= 0.6 is 0 Å². The van der Waals surface area contributed by atoms with E-state index < -0.39 is 0 Å². The van der Waals surface area contributed by atoms with Crippen LogP contribution in [0.3, 0.4) is 0 Å². The van der Waals surface area contributed by atoms with Gasteiger partial charge in [0, 0.05) is 27.7 Å². The second-order valence-corrected chi connectivity index (χ2v) is 14.5. The zero-order valence-corrected chi connectivity index (χ0v) is 32.0. The molecule has 0 aromatic heterocycles. The highest BCUT2D eigenvalue weighted by Gasteiger charge is 2.27. The molecule has 0 fully saturated rings. The summed E-state index contributed by atoms with van der Waals surface area (Å²) in [6, 6.07) is 87.5. The minimum atomic E-state index is 1.07. The van der Waals surface area contributed by atoms with E-state index in [1.165, 1.54) is 38.2 Å². The zero-order valence-electron chi connectivity index (χ0n) is 32.0. The Morgan fingerprint density at radius 2 is 0.569 bits per heavy atom. The van der Waals surface area contributed by atoms with Crippen LogP contribution in [0.4, 0.5) is 34.1 Å². The van der Waals surface area contributed by atoms with E-state index in [2.05, 4.69) is 252 Å². The van der Waals surface area contributed by atoms with Gasteiger partial charge in [-0.05, 0) is 87.1 Å². The molecule has 0 aliphatic carbocycles. The molecule has 0 bridgehead atoms. The van der Waals surface area contributed by atoms with Crippen molar-refractivity contribution in [2.24, 2.45) is 0 Å². The lowest BCUT2D eigenvalue weighted by atomic mass is 9.87. The molecule has 2 nitrogen and oxygen atoms in total. The maximum Gasteiger partial charge on any atom is 0.0561 e. The molecule has 0 aliphatic heterocycles. The zero-order chi connectivity index (χ0) is 38.7. The third-order valence-corrected chi connectivity index (χ3v) is 11.0. The van der Waals surface area contributed by atoms with Crippen LogP contribution in [0.1, 0.15) is 0 Å². The molecule has 274 valence electrons. The molecule has 0 N–H and O–H groups in total. The van der Waals surface area contributed by atoms with E-state index in [9.17, 15) is 0 Å². The molecule has 0 heterocycles. The summed E-state index contributed by atoms with van der Waals surface area (Å²) in [6.07, 6.45) is 0. The van der Waals surface area contributed by atoms with Crippen LogP contribution in [-0.2, 0) is 0 Å². The highest BCUT2D eigenvalue weighted by molar-refractivity contribution is 6.08. The molecule has 0 aliphatic rings. The Labute approximate surface area is 340 Å². The molecule has 58 heavy (non-hydrogen) atoms. The summed E-state index contributed by atoms with van der Waals surface area (Å²) in [5.41, 5.74) is 13.5. The molecule has 0 spiro atoms. The van der Waals surface area contributed by atoms with Crippen LogP contribution in [-0.4, -0.2) is 0 Å². The van der Waals surface area contributed by atoms with Gasteiger partial charge in [0.1, 0.15) is 0 Å². The van der Waals surface area contributed by atoms with Crippen molar-refractivity contribution in [2.75, 3.05) is 9.80 Å². The molecule has 0 radical (unpaired) electrons. The van der Waals surface area contributed by atoms with E-state index in [1.807, 2.05) is 0 Å². The maximum absolute atomic E-state index is 2.45. The van der Waals surface area contributed by atoms with Crippen LogP contribution in [0.2, 0.25) is 0 Å². The largest absolute Gasteiger partial charge is 0.309 e. The minimum Gasteiger partial charge on any atom is -0.309 e. The van der Waals surface area contributed by atoms with E-state index in [0.717, 1.165) is 50.8 Å². The number of benzene rings is 10. The van der Waals surface area contributed by atoms with Gasteiger partial charge >= 0.3 is 0 Å². The van der Waals surface area contributed by atoms with Gasteiger partial charge in [-0.25, -0.2) is 0 Å². The van der Waals surface area contributed by atoms with Gasteiger partial charge < -0.3 is 9.80 Å². The van der Waals surface area contributed by atoms with Crippen molar-refractivity contribution in [1.29, 1.82) is 0 Å². The summed E-state index contributed by atoms with van der Waals surface area (Å²) < 4.78 is 0. The molecular formula is C56H40N2. The molecule has 0 amide bonds. The number of anilines is 6. The highest BCUT2D eigenvalue weighted by Crippen LogP contribution is 2.52. The van der Waals surface area contributed by atoms with E-state index in [-0.39, 0.29) is 0 Å². The number of fused-ring (bicyclic) bond motifs is 2. The maximum atomic E-state index is 2.45. The molecule has 10 aromatic carbocycles. The van der Waals surface area contributed by atoms with E-state index >= 15 is 0 Å². The first-order chi connectivity index (χ1) is 28.8. The second-order valence-electron chi connectivity index (χ2n) is 14.5. The van der Waals surface area contributed by atoms with Gasteiger partial charge in [0.2, 0.25) is 0 Å². The Hall–Kier alpha value is -7.68. The molecule has 10 rings (SSSR count). The van der Waals surface area contributed by atoms with Crippen LogP contribution in [0.5, 0.6) is 0 Å². The van der Waals surface area contributed by atoms with Gasteiger partial charge in [-0.3, -0.25) is 0 Å². The minimum absolute atomic E-state index is 1.07. The van der Waals surface area contributed by atoms with Gasteiger partial charge in [-0.1, -0.05) is 194 Å². The molecular weight excluding hydrogens is 701 g/mol. The third kappa shape index (κ3) is 6.37. The molecule has 0 unspecified atom stereocenters. The summed E-state index contributed by atoms with van der Waals surface area (Å²) >= 11 is 0. The van der Waals surface area contributed by atoms with Crippen LogP contribution in [0, 0.1) is 0 Å². The van der Waals surface area contributed by atoms with Gasteiger partial charge in [-0.2, -0.15) is 0 Å². The topological polar surface area (TPSA) is 6.48 Å². The highest BCUT2D eigenvalue weighted by atomic mass is 15.2. The average Bonchev–Trinajstić information content (AvgIpc) is 3.30. The smallest absolute Gasteiger partial charge is 0.0561 e. The number of hydrogen-bond acceptors (Lipinski definition) is 2. The van der Waals surface area contributed by atoms with Crippen molar-refractivity contribution in [1.82, 2.24) is 0 Å². The number of nitrogens with zero attached hydrogens (tertiary/aromatic N) is 2. The monoisotopic (exact) mass is 740 g/mol. The van der Waals surface area contributed by atoms with Crippen molar-refractivity contribution < 1.29 is 0 Å². The Bertz CT molecular complexity index is 2860. The normalized spacial score (nSPS) is 11.1. The van der Waals surface area contributed by atoms with Gasteiger partial charge in [0.25, 0.3) is 0 Å². The Kier molecular flexibility index (Phi) is 9.27. The molecule has 10 aromatic rings. The summed E-state index contributed by atoms with van der Waals surface area (Å²) in [5.74, 6) is 0. The second kappa shape index (κ2) is 15.5. The standard InChI is InChI=1S/C56H40N2/c1-4-21-41(22-5-1)46-31-14-15-34-49(46)50-35-16-17-36-51(50)56-54(57(44-27-6-2-7-28-44)52-37-18-25-42-23-10-12-32-47(42)52)39-20-40-55(56)58(45-29-8-3-9-30-45)53-38-19-26-43-24-11-13-33-48(43)53/h1-40H. The third-order valence-electron chi connectivity index (χ3n) is 11.0. The van der Waals surface area contributed by atoms with Gasteiger partial charge in [-0.15, -0.1) is 0 Å². The van der Waals surface area contributed by atoms with Crippen LogP contribution in [0.15, 0.2) is 243 Å². The molecule has 0 saturated heterocycles. The first kappa shape index (κ1) is 34.8. The quantitative estimate of drug-likeness (QED) is 0.145. The van der Waals surface area contributed by atoms with Crippen LogP contribution < -0.4 is 9.80 Å². The number of hydrogen-bond donors (Lipinski definition) is 0. The summed E-state index contributed by atoms with van der Waals surface area (Å²) in [6.45, 7) is 0. The van der Waals surface area contributed by atoms with Crippen molar-refractivity contribution in [3.8, 4) is 33.4 Å². The number of para-hydroxylation sites is 2. The predicted octanol–water partition coefficient (Wildman–Crippen LogP) is 15.9. The van der Waals surface area contributed by atoms with E-state index in [1.54, 1.807) is 0 Å². The molecule has 0 atom stereocenters. The van der Waals surface area contributed by atoms with E-state index in [4.69, 9.17) is 0 Å². The van der Waals surface area contributed by atoms with E-state index in [0.29, 0.717) is 0 Å². The number of rotatable bonds is 9. The van der Waals surface area contributed by atoms with Crippen molar-refractivity contribution >= 4 is 55.7 Å². The van der Waals surface area contributed by atoms with Gasteiger partial charge in [0.05, 0.1) is 22.7 Å². The Morgan fingerprint density at radius 3 is 1.09 bits per heavy atom. The SMILES string of the molecule is c1ccc(-c2ccccc2-c2ccccc2-c2c(N(c3ccccc3)c3cccc4ccccc34)cccc2N(c2ccccc2)c2cccc3ccccc23)cc1. The predicted molar refractivity (Wildman–Crippen MR) is 247 cm³/mol. The summed E-state index contributed by atoms with van der Waals surface area (Å²) in [4.78, 5) is 4.90. The summed E-state index contributed by atoms with van der Waals surface area (Å²) in [5, 5.41) is 4.75. The fourth-order valence-electron chi connectivity index (χ4n) is 8.48. The fraction of sp³-hybridized carbons (Fsp3) is 0. The Balaban J connectivity index is 1.34. The lowest BCUT2D eigenvalue weighted by molar-refractivity contribution is 1.26. The lowest BCUT2D eigenvalue weighted by Gasteiger charge is -2.34. The van der Waals surface area contributed by atoms with Crippen molar-refractivity contribution in [3.05, 3.63) is 243 Å². The molecule has 2 heteroatoms. The summed E-state index contributed by atoms with van der Waals surface area (Å²) in [7, 11) is 0. The Morgan fingerprint density at radius 1 is 0.224 bits per heavy atom. The fourth-order valence-corrected chi connectivity index (χ4v) is 8.48. The van der Waals surface area contributed by atoms with Gasteiger partial charge in [0.15, 0.2) is 0 Å². The lowest BCUT2D eigenvalue weighted by Crippen LogP contribution is -2.16. The van der Waals surface area contributed by atoms with Crippen molar-refractivity contribution in [2.45, 2.75) is 0 Å². The first-order valence-electron chi connectivity index (χ1n) is 19.9. The van der Waals surface area contributed by atoms with Crippen molar-refractivity contribution in [3.63, 3.8) is 0 Å². The average molecular weight is 741 g/mol. The molecule has 0 saturated carbocycles. The first-order valence-corrected chi connectivity index (χ1v) is 19.9. The van der Waals surface area contributed by atoms with Crippen LogP contribution in [0.25, 0.3) is 54.9 Å².